The molecule has 0 aliphatic carbocycles. The minimum absolute atomic E-state index is 0.201. The zero-order valence-electron chi connectivity index (χ0n) is 12.6. The Kier molecular flexibility index (Phi) is 6.76. The SMILES string of the molecule is NCCCCN1CCCN(C(=O)C2CCOCC2)CC1. The van der Waals surface area contributed by atoms with Crippen LogP contribution in [-0.4, -0.2) is 68.2 Å². The minimum atomic E-state index is 0.201. The van der Waals surface area contributed by atoms with Crippen molar-refractivity contribution in [2.24, 2.45) is 11.7 Å². The Bertz CT molecular complexity index is 293. The number of carbonyl (C=O) groups excluding carboxylic acids is 1. The molecule has 20 heavy (non-hydrogen) atoms. The van der Waals surface area contributed by atoms with Crippen molar-refractivity contribution in [2.75, 3.05) is 52.5 Å². The number of hydrogen-bond acceptors (Lipinski definition) is 4. The van der Waals surface area contributed by atoms with Gasteiger partial charge in [-0.1, -0.05) is 0 Å². The lowest BCUT2D eigenvalue weighted by Gasteiger charge is -2.28. The van der Waals surface area contributed by atoms with Crippen molar-refractivity contribution in [3.8, 4) is 0 Å². The third kappa shape index (κ3) is 4.72. The monoisotopic (exact) mass is 283 g/mol. The highest BCUT2D eigenvalue weighted by molar-refractivity contribution is 5.79. The third-order valence-electron chi connectivity index (χ3n) is 4.40. The summed E-state index contributed by atoms with van der Waals surface area (Å²) >= 11 is 0. The van der Waals surface area contributed by atoms with Crippen LogP contribution in [0.4, 0.5) is 0 Å². The Morgan fingerprint density at radius 2 is 1.90 bits per heavy atom. The summed E-state index contributed by atoms with van der Waals surface area (Å²) in [4.78, 5) is 17.1. The van der Waals surface area contributed by atoms with Gasteiger partial charge in [-0.3, -0.25) is 4.79 Å². The van der Waals surface area contributed by atoms with Crippen molar-refractivity contribution >= 4 is 5.91 Å². The van der Waals surface area contributed by atoms with Gasteiger partial charge in [0.25, 0.3) is 0 Å². The van der Waals surface area contributed by atoms with Crippen LogP contribution in [0.2, 0.25) is 0 Å². The van der Waals surface area contributed by atoms with Gasteiger partial charge >= 0.3 is 0 Å². The largest absolute Gasteiger partial charge is 0.381 e. The summed E-state index contributed by atoms with van der Waals surface area (Å²) in [5, 5.41) is 0. The smallest absolute Gasteiger partial charge is 0.225 e. The van der Waals surface area contributed by atoms with E-state index in [9.17, 15) is 4.79 Å². The van der Waals surface area contributed by atoms with E-state index in [4.69, 9.17) is 10.5 Å². The molecule has 2 heterocycles. The molecule has 116 valence electrons. The van der Waals surface area contributed by atoms with Gasteiger partial charge in [-0.2, -0.15) is 0 Å². The number of unbranched alkanes of at least 4 members (excludes halogenated alkanes) is 1. The van der Waals surface area contributed by atoms with Gasteiger partial charge in [0, 0.05) is 38.8 Å². The van der Waals surface area contributed by atoms with E-state index in [0.717, 1.165) is 78.2 Å². The molecule has 2 aliphatic heterocycles. The molecule has 0 bridgehead atoms. The summed E-state index contributed by atoms with van der Waals surface area (Å²) in [6.45, 7) is 7.33. The van der Waals surface area contributed by atoms with E-state index in [2.05, 4.69) is 9.80 Å². The molecular formula is C15H29N3O2. The minimum Gasteiger partial charge on any atom is -0.381 e. The predicted octanol–water partition coefficient (Wildman–Crippen LogP) is 0.686. The molecule has 0 aromatic rings. The Morgan fingerprint density at radius 3 is 2.65 bits per heavy atom. The Hall–Kier alpha value is -0.650. The standard InChI is InChI=1S/C15H29N3O2/c16-6-1-2-7-17-8-3-9-18(11-10-17)15(19)14-4-12-20-13-5-14/h14H,1-13,16H2. The van der Waals surface area contributed by atoms with Crippen LogP contribution in [0.1, 0.15) is 32.1 Å². The van der Waals surface area contributed by atoms with Crippen molar-refractivity contribution in [1.82, 2.24) is 9.80 Å². The summed E-state index contributed by atoms with van der Waals surface area (Å²) in [6.07, 6.45) is 5.16. The van der Waals surface area contributed by atoms with Gasteiger partial charge in [0.05, 0.1) is 0 Å². The molecule has 0 atom stereocenters. The molecule has 2 saturated heterocycles. The maximum atomic E-state index is 12.5. The molecule has 2 aliphatic rings. The lowest BCUT2D eigenvalue weighted by Crippen LogP contribution is -2.40. The van der Waals surface area contributed by atoms with E-state index in [1.54, 1.807) is 0 Å². The molecule has 1 amide bonds. The highest BCUT2D eigenvalue weighted by Gasteiger charge is 2.27. The summed E-state index contributed by atoms with van der Waals surface area (Å²) < 4.78 is 5.34. The molecule has 0 radical (unpaired) electrons. The van der Waals surface area contributed by atoms with E-state index >= 15 is 0 Å². The second-order valence-corrected chi connectivity index (χ2v) is 5.90. The molecule has 0 spiro atoms. The van der Waals surface area contributed by atoms with Crippen molar-refractivity contribution in [1.29, 1.82) is 0 Å². The lowest BCUT2D eigenvalue weighted by molar-refractivity contribution is -0.138. The predicted molar refractivity (Wildman–Crippen MR) is 79.5 cm³/mol. The maximum Gasteiger partial charge on any atom is 0.225 e. The topological polar surface area (TPSA) is 58.8 Å². The molecule has 5 heteroatoms. The van der Waals surface area contributed by atoms with Gasteiger partial charge in [0.1, 0.15) is 0 Å². The van der Waals surface area contributed by atoms with Gasteiger partial charge in [-0.25, -0.2) is 0 Å². The van der Waals surface area contributed by atoms with Crippen molar-refractivity contribution in [3.63, 3.8) is 0 Å². The van der Waals surface area contributed by atoms with Crippen LogP contribution in [0.15, 0.2) is 0 Å². The molecule has 5 nitrogen and oxygen atoms in total. The van der Waals surface area contributed by atoms with Crippen LogP contribution >= 0.6 is 0 Å². The lowest BCUT2D eigenvalue weighted by atomic mass is 9.98. The van der Waals surface area contributed by atoms with E-state index in [1.807, 2.05) is 0 Å². The van der Waals surface area contributed by atoms with E-state index in [1.165, 1.54) is 6.42 Å². The molecule has 0 saturated carbocycles. The van der Waals surface area contributed by atoms with Crippen LogP contribution < -0.4 is 5.73 Å². The number of amides is 1. The molecule has 0 unspecified atom stereocenters. The number of nitrogens with zero attached hydrogens (tertiary/aromatic N) is 2. The normalized spacial score (nSPS) is 22.8. The summed E-state index contributed by atoms with van der Waals surface area (Å²) in [6, 6.07) is 0. The molecule has 2 rings (SSSR count). The average Bonchev–Trinajstić information content (AvgIpc) is 2.73. The fourth-order valence-electron chi connectivity index (χ4n) is 3.10. The van der Waals surface area contributed by atoms with Gasteiger partial charge in [-0.05, 0) is 51.7 Å². The first-order chi connectivity index (χ1) is 9.81. The zero-order valence-corrected chi connectivity index (χ0v) is 12.6. The van der Waals surface area contributed by atoms with Gasteiger partial charge in [-0.15, -0.1) is 0 Å². The number of hydrogen-bond donors (Lipinski definition) is 1. The maximum absolute atomic E-state index is 12.5. The number of nitrogens with two attached hydrogens (primary N) is 1. The van der Waals surface area contributed by atoms with E-state index < -0.39 is 0 Å². The molecule has 0 aromatic heterocycles. The number of carbonyl (C=O) groups is 1. The van der Waals surface area contributed by atoms with Gasteiger partial charge in [0.2, 0.25) is 5.91 Å². The van der Waals surface area contributed by atoms with E-state index in [0.29, 0.717) is 5.91 Å². The first-order valence-electron chi connectivity index (χ1n) is 8.10. The van der Waals surface area contributed by atoms with Crippen LogP contribution in [0.3, 0.4) is 0 Å². The van der Waals surface area contributed by atoms with Crippen molar-refractivity contribution in [3.05, 3.63) is 0 Å². The van der Waals surface area contributed by atoms with Crippen LogP contribution in [0, 0.1) is 5.92 Å². The van der Waals surface area contributed by atoms with Gasteiger partial charge < -0.3 is 20.3 Å². The molecule has 2 N–H and O–H groups in total. The Labute approximate surface area is 122 Å². The molecule has 2 fully saturated rings. The summed E-state index contributed by atoms with van der Waals surface area (Å²) in [7, 11) is 0. The first-order valence-corrected chi connectivity index (χ1v) is 8.10. The second kappa shape index (κ2) is 8.60. The first kappa shape index (κ1) is 15.7. The Morgan fingerprint density at radius 1 is 1.10 bits per heavy atom. The van der Waals surface area contributed by atoms with Crippen LogP contribution in [0.25, 0.3) is 0 Å². The second-order valence-electron chi connectivity index (χ2n) is 5.90. The Balaban J connectivity index is 1.75. The highest BCUT2D eigenvalue weighted by atomic mass is 16.5. The summed E-state index contributed by atoms with van der Waals surface area (Å²) in [5.74, 6) is 0.560. The van der Waals surface area contributed by atoms with Crippen LogP contribution in [0.5, 0.6) is 0 Å². The average molecular weight is 283 g/mol. The zero-order chi connectivity index (χ0) is 14.2. The van der Waals surface area contributed by atoms with Crippen molar-refractivity contribution < 1.29 is 9.53 Å². The van der Waals surface area contributed by atoms with E-state index in [-0.39, 0.29) is 5.92 Å². The fraction of sp³-hybridized carbons (Fsp3) is 0.933. The molecule has 0 aromatic carbocycles. The summed E-state index contributed by atoms with van der Waals surface area (Å²) in [5.41, 5.74) is 5.54. The quantitative estimate of drug-likeness (QED) is 0.754. The molecular weight excluding hydrogens is 254 g/mol. The fourth-order valence-corrected chi connectivity index (χ4v) is 3.10. The number of ether oxygens (including phenoxy) is 1. The third-order valence-corrected chi connectivity index (χ3v) is 4.40. The van der Waals surface area contributed by atoms with Crippen molar-refractivity contribution in [2.45, 2.75) is 32.1 Å². The van der Waals surface area contributed by atoms with Crippen LogP contribution in [-0.2, 0) is 9.53 Å². The highest BCUT2D eigenvalue weighted by Crippen LogP contribution is 2.18. The van der Waals surface area contributed by atoms with Gasteiger partial charge in [0.15, 0.2) is 0 Å². The number of rotatable bonds is 5.